The molecule has 0 bridgehead atoms. The quantitative estimate of drug-likeness (QED) is 0.716. The van der Waals surface area contributed by atoms with E-state index in [0.717, 1.165) is 0 Å². The van der Waals surface area contributed by atoms with Gasteiger partial charge in [0.25, 0.3) is 6.43 Å². The Morgan fingerprint density at radius 1 is 1.46 bits per heavy atom. The molecule has 72 valence electrons. The van der Waals surface area contributed by atoms with Crippen molar-refractivity contribution in [3.05, 3.63) is 23.3 Å². The van der Waals surface area contributed by atoms with E-state index in [4.69, 9.17) is 0 Å². The van der Waals surface area contributed by atoms with Crippen molar-refractivity contribution >= 4 is 0 Å². The van der Waals surface area contributed by atoms with Gasteiger partial charge in [0.05, 0.1) is 12.8 Å². The third-order valence-corrected chi connectivity index (χ3v) is 1.54. The number of ether oxygens (including phenoxy) is 1. The van der Waals surface area contributed by atoms with Gasteiger partial charge in [0, 0.05) is 6.07 Å². The normalized spacial score (nSPS) is 10.6. The first-order valence-electron chi connectivity index (χ1n) is 3.55. The van der Waals surface area contributed by atoms with Gasteiger partial charge in [-0.2, -0.15) is 0 Å². The van der Waals surface area contributed by atoms with Gasteiger partial charge >= 0.3 is 0 Å². The van der Waals surface area contributed by atoms with E-state index in [1.165, 1.54) is 14.0 Å². The molecule has 0 spiro atoms. The summed E-state index contributed by atoms with van der Waals surface area (Å²) in [5, 5.41) is 0. The predicted molar refractivity (Wildman–Crippen MR) is 40.4 cm³/mol. The van der Waals surface area contributed by atoms with Gasteiger partial charge in [-0.25, -0.2) is 18.2 Å². The fourth-order valence-corrected chi connectivity index (χ4v) is 1.00. The highest BCUT2D eigenvalue weighted by Gasteiger charge is 2.15. The van der Waals surface area contributed by atoms with E-state index in [0.29, 0.717) is 6.07 Å². The Morgan fingerprint density at radius 3 is 2.46 bits per heavy atom. The van der Waals surface area contributed by atoms with Crippen molar-refractivity contribution in [1.82, 2.24) is 4.98 Å². The first kappa shape index (κ1) is 9.83. The molecule has 0 radical (unpaired) electrons. The summed E-state index contributed by atoms with van der Waals surface area (Å²) in [6.07, 6.45) is -2.76. The summed E-state index contributed by atoms with van der Waals surface area (Å²) < 4.78 is 41.8. The van der Waals surface area contributed by atoms with Gasteiger partial charge < -0.3 is 4.74 Å². The van der Waals surface area contributed by atoms with E-state index in [1.54, 1.807) is 0 Å². The van der Waals surface area contributed by atoms with Crippen LogP contribution < -0.4 is 4.74 Å². The number of rotatable bonds is 2. The molecular formula is C8H8F3NO. The van der Waals surface area contributed by atoms with E-state index in [2.05, 4.69) is 9.72 Å². The Labute approximate surface area is 73.4 Å². The van der Waals surface area contributed by atoms with Crippen molar-refractivity contribution in [2.75, 3.05) is 7.11 Å². The van der Waals surface area contributed by atoms with Gasteiger partial charge in [-0.3, -0.25) is 0 Å². The summed E-state index contributed by atoms with van der Waals surface area (Å²) >= 11 is 0. The zero-order valence-corrected chi connectivity index (χ0v) is 7.14. The van der Waals surface area contributed by atoms with Crippen LogP contribution in [0, 0.1) is 12.7 Å². The molecule has 0 N–H and O–H groups in total. The lowest BCUT2D eigenvalue weighted by molar-refractivity contribution is 0.145. The van der Waals surface area contributed by atoms with Crippen LogP contribution in [0.4, 0.5) is 13.2 Å². The molecule has 1 heterocycles. The first-order valence-corrected chi connectivity index (χ1v) is 3.55. The highest BCUT2D eigenvalue weighted by atomic mass is 19.3. The molecule has 1 aromatic rings. The van der Waals surface area contributed by atoms with E-state index >= 15 is 0 Å². The SMILES string of the molecule is COc1c(F)cc(C(F)F)nc1C. The fourth-order valence-electron chi connectivity index (χ4n) is 1.00. The highest BCUT2D eigenvalue weighted by Crippen LogP contribution is 2.25. The number of hydrogen-bond acceptors (Lipinski definition) is 2. The van der Waals surface area contributed by atoms with E-state index in [9.17, 15) is 13.2 Å². The topological polar surface area (TPSA) is 22.1 Å². The second-order valence-corrected chi connectivity index (χ2v) is 2.45. The molecule has 2 nitrogen and oxygen atoms in total. The number of halogens is 3. The molecule has 0 aromatic carbocycles. The second-order valence-electron chi connectivity index (χ2n) is 2.45. The monoisotopic (exact) mass is 191 g/mol. The van der Waals surface area contributed by atoms with Crippen LogP contribution in [-0.2, 0) is 0 Å². The smallest absolute Gasteiger partial charge is 0.280 e. The maximum Gasteiger partial charge on any atom is 0.280 e. The third-order valence-electron chi connectivity index (χ3n) is 1.54. The summed E-state index contributed by atoms with van der Waals surface area (Å²) in [6, 6.07) is 0.677. The van der Waals surface area contributed by atoms with Crippen LogP contribution >= 0.6 is 0 Å². The number of alkyl halides is 2. The number of pyridine rings is 1. The number of aryl methyl sites for hydroxylation is 1. The molecule has 13 heavy (non-hydrogen) atoms. The minimum atomic E-state index is -2.76. The van der Waals surface area contributed by atoms with Crippen molar-refractivity contribution in [2.24, 2.45) is 0 Å². The lowest BCUT2D eigenvalue weighted by atomic mass is 10.3. The zero-order valence-electron chi connectivity index (χ0n) is 7.14. The molecule has 1 aromatic heterocycles. The average molecular weight is 191 g/mol. The van der Waals surface area contributed by atoms with Crippen molar-refractivity contribution in [3.8, 4) is 5.75 Å². The standard InChI is InChI=1S/C8H8F3NO/c1-4-7(13-2)5(9)3-6(12-4)8(10)11/h3,8H,1-2H3. The van der Waals surface area contributed by atoms with Crippen LogP contribution in [0.5, 0.6) is 5.75 Å². The van der Waals surface area contributed by atoms with Gasteiger partial charge in [0.1, 0.15) is 5.69 Å². The molecule has 0 saturated carbocycles. The molecule has 0 aliphatic carbocycles. The summed E-state index contributed by atoms with van der Waals surface area (Å²) in [5.41, 5.74) is -0.450. The van der Waals surface area contributed by atoms with Gasteiger partial charge in [0.2, 0.25) is 0 Å². The molecule has 0 aliphatic rings. The minimum absolute atomic E-state index is 0.0931. The molecule has 0 aliphatic heterocycles. The Hall–Kier alpha value is -1.26. The van der Waals surface area contributed by atoms with Crippen molar-refractivity contribution in [2.45, 2.75) is 13.3 Å². The van der Waals surface area contributed by atoms with Gasteiger partial charge in [0.15, 0.2) is 11.6 Å². The first-order chi connectivity index (χ1) is 6.06. The summed E-state index contributed by atoms with van der Waals surface area (Å²) in [7, 11) is 1.26. The van der Waals surface area contributed by atoms with E-state index in [1.807, 2.05) is 0 Å². The summed E-state index contributed by atoms with van der Waals surface area (Å²) in [6.45, 7) is 1.41. The minimum Gasteiger partial charge on any atom is -0.492 e. The largest absolute Gasteiger partial charge is 0.492 e. The van der Waals surface area contributed by atoms with Crippen molar-refractivity contribution in [1.29, 1.82) is 0 Å². The van der Waals surface area contributed by atoms with Crippen LogP contribution in [0.3, 0.4) is 0 Å². The molecule has 0 unspecified atom stereocenters. The zero-order chi connectivity index (χ0) is 10.0. The second kappa shape index (κ2) is 3.64. The fraction of sp³-hybridized carbons (Fsp3) is 0.375. The van der Waals surface area contributed by atoms with E-state index in [-0.39, 0.29) is 11.4 Å². The van der Waals surface area contributed by atoms with Crippen LogP contribution in [0.15, 0.2) is 6.07 Å². The Bertz CT molecular complexity index is 291. The number of hydrogen-bond donors (Lipinski definition) is 0. The van der Waals surface area contributed by atoms with Crippen molar-refractivity contribution in [3.63, 3.8) is 0 Å². The molecule has 0 amide bonds. The van der Waals surface area contributed by atoms with Gasteiger partial charge in [-0.05, 0) is 6.92 Å². The highest BCUT2D eigenvalue weighted by molar-refractivity contribution is 5.30. The Kier molecular flexibility index (Phi) is 2.75. The number of nitrogens with zero attached hydrogens (tertiary/aromatic N) is 1. The molecule has 1 rings (SSSR count). The lowest BCUT2D eigenvalue weighted by Crippen LogP contribution is -1.99. The molecule has 0 fully saturated rings. The number of methoxy groups -OCH3 is 1. The number of aromatic nitrogens is 1. The lowest BCUT2D eigenvalue weighted by Gasteiger charge is -2.07. The van der Waals surface area contributed by atoms with E-state index < -0.39 is 17.9 Å². The van der Waals surface area contributed by atoms with Crippen LogP contribution in [0.2, 0.25) is 0 Å². The van der Waals surface area contributed by atoms with Crippen LogP contribution in [0.1, 0.15) is 17.8 Å². The summed E-state index contributed by atoms with van der Waals surface area (Å²) in [4.78, 5) is 3.49. The predicted octanol–water partition coefficient (Wildman–Crippen LogP) is 2.48. The molecular weight excluding hydrogens is 183 g/mol. The van der Waals surface area contributed by atoms with Gasteiger partial charge in [-0.1, -0.05) is 0 Å². The maximum absolute atomic E-state index is 13.0. The van der Waals surface area contributed by atoms with Crippen LogP contribution in [0.25, 0.3) is 0 Å². The summed E-state index contributed by atoms with van der Waals surface area (Å²) in [5.74, 6) is -0.908. The molecule has 5 heteroatoms. The van der Waals surface area contributed by atoms with Crippen molar-refractivity contribution < 1.29 is 17.9 Å². The molecule has 0 atom stereocenters. The Morgan fingerprint density at radius 2 is 2.08 bits per heavy atom. The third kappa shape index (κ3) is 1.91. The Balaban J connectivity index is 3.20. The molecule has 0 saturated heterocycles. The average Bonchev–Trinajstić information content (AvgIpc) is 2.03. The maximum atomic E-state index is 13.0. The van der Waals surface area contributed by atoms with Crippen LogP contribution in [-0.4, -0.2) is 12.1 Å². The van der Waals surface area contributed by atoms with Gasteiger partial charge in [-0.15, -0.1) is 0 Å².